The van der Waals surface area contributed by atoms with Gasteiger partial charge >= 0.3 is 0 Å². The Bertz CT molecular complexity index is 556. The third-order valence-corrected chi connectivity index (χ3v) is 2.65. The average Bonchev–Trinajstić information content (AvgIpc) is 2.17. The van der Waals surface area contributed by atoms with E-state index in [0.717, 1.165) is 0 Å². The summed E-state index contributed by atoms with van der Waals surface area (Å²) in [4.78, 5) is 15.1. The summed E-state index contributed by atoms with van der Waals surface area (Å²) in [6, 6.07) is 4.42. The van der Waals surface area contributed by atoms with E-state index in [9.17, 15) is 9.18 Å². The quantitative estimate of drug-likeness (QED) is 0.863. The monoisotopic (exact) mass is 268 g/mol. The zero-order chi connectivity index (χ0) is 11.0. The second-order valence-corrected chi connectivity index (χ2v) is 3.83. The molecule has 1 amide bonds. The highest BCUT2D eigenvalue weighted by Gasteiger charge is 2.15. The summed E-state index contributed by atoms with van der Waals surface area (Å²) < 4.78 is 14.0. The van der Waals surface area contributed by atoms with Crippen molar-refractivity contribution in [3.8, 4) is 0 Å². The number of carbonyl (C=O) groups excluding carboxylic acids is 1. The molecule has 0 radical (unpaired) electrons. The van der Waals surface area contributed by atoms with E-state index in [1.54, 1.807) is 18.3 Å². The standard InChI is InChI=1S/C10H6BrFN2O/c11-6-4-7(12)8(10(13)15)5-2-1-3-14-9(5)6/h1-4H,(H2,13,15). The highest BCUT2D eigenvalue weighted by atomic mass is 79.9. The molecule has 0 saturated carbocycles. The Hall–Kier alpha value is -1.49. The number of pyridine rings is 1. The molecule has 0 unspecified atom stereocenters. The topological polar surface area (TPSA) is 56.0 Å². The molecule has 0 fully saturated rings. The van der Waals surface area contributed by atoms with E-state index >= 15 is 0 Å². The second-order valence-electron chi connectivity index (χ2n) is 2.98. The summed E-state index contributed by atoms with van der Waals surface area (Å²) in [7, 11) is 0. The van der Waals surface area contributed by atoms with Gasteiger partial charge in [-0.05, 0) is 28.1 Å². The van der Waals surface area contributed by atoms with Crippen molar-refractivity contribution in [2.24, 2.45) is 5.73 Å². The maximum atomic E-state index is 13.5. The zero-order valence-electron chi connectivity index (χ0n) is 7.50. The van der Waals surface area contributed by atoms with Gasteiger partial charge < -0.3 is 5.73 Å². The van der Waals surface area contributed by atoms with Crippen LogP contribution < -0.4 is 5.73 Å². The highest BCUT2D eigenvalue weighted by Crippen LogP contribution is 2.27. The van der Waals surface area contributed by atoms with Gasteiger partial charge in [-0.1, -0.05) is 6.07 Å². The van der Waals surface area contributed by atoms with Crippen LogP contribution in [-0.4, -0.2) is 10.9 Å². The number of amides is 1. The first-order chi connectivity index (χ1) is 7.11. The van der Waals surface area contributed by atoms with Crippen LogP contribution in [0.25, 0.3) is 10.9 Å². The lowest BCUT2D eigenvalue weighted by Gasteiger charge is -2.05. The number of hydrogen-bond donors (Lipinski definition) is 1. The summed E-state index contributed by atoms with van der Waals surface area (Å²) in [5.41, 5.74) is 5.51. The molecule has 0 saturated heterocycles. The van der Waals surface area contributed by atoms with Gasteiger partial charge in [0.25, 0.3) is 5.91 Å². The molecule has 2 aromatic rings. The minimum atomic E-state index is -0.794. The van der Waals surface area contributed by atoms with Gasteiger partial charge in [0.15, 0.2) is 0 Å². The number of nitrogens with zero attached hydrogens (tertiary/aromatic N) is 1. The van der Waals surface area contributed by atoms with Gasteiger partial charge in [0.2, 0.25) is 0 Å². The Labute approximate surface area is 93.2 Å². The van der Waals surface area contributed by atoms with Crippen molar-refractivity contribution in [3.05, 3.63) is 40.2 Å². The molecule has 0 atom stereocenters. The molecule has 2 N–H and O–H groups in total. The van der Waals surface area contributed by atoms with E-state index in [4.69, 9.17) is 5.73 Å². The molecule has 1 heterocycles. The van der Waals surface area contributed by atoms with Gasteiger partial charge in [0, 0.05) is 16.1 Å². The van der Waals surface area contributed by atoms with Crippen molar-refractivity contribution in [2.75, 3.05) is 0 Å². The number of nitrogens with two attached hydrogens (primary N) is 1. The van der Waals surface area contributed by atoms with E-state index in [0.29, 0.717) is 15.4 Å². The Morgan fingerprint density at radius 3 is 2.93 bits per heavy atom. The summed E-state index contributed by atoms with van der Waals surface area (Å²) in [6.45, 7) is 0. The van der Waals surface area contributed by atoms with Crippen LogP contribution in [0.3, 0.4) is 0 Å². The van der Waals surface area contributed by atoms with Crippen LogP contribution in [0.15, 0.2) is 28.9 Å². The van der Waals surface area contributed by atoms with Crippen molar-refractivity contribution >= 4 is 32.7 Å². The van der Waals surface area contributed by atoms with Crippen LogP contribution in [0.5, 0.6) is 0 Å². The molecule has 0 aliphatic heterocycles. The number of primary amides is 1. The van der Waals surface area contributed by atoms with Gasteiger partial charge in [-0.2, -0.15) is 0 Å². The number of rotatable bonds is 1. The molecule has 5 heteroatoms. The molecule has 1 aromatic heterocycles. The van der Waals surface area contributed by atoms with Crippen molar-refractivity contribution in [1.82, 2.24) is 4.98 Å². The third kappa shape index (κ3) is 1.59. The van der Waals surface area contributed by atoms with E-state index in [1.807, 2.05) is 0 Å². The summed E-state index contributed by atoms with van der Waals surface area (Å²) in [5.74, 6) is -1.44. The number of benzene rings is 1. The van der Waals surface area contributed by atoms with Crippen molar-refractivity contribution in [1.29, 1.82) is 0 Å². The number of carbonyl (C=O) groups is 1. The zero-order valence-corrected chi connectivity index (χ0v) is 9.08. The smallest absolute Gasteiger partial charge is 0.252 e. The summed E-state index contributed by atoms with van der Waals surface area (Å²) >= 11 is 3.18. The molecule has 15 heavy (non-hydrogen) atoms. The van der Waals surface area contributed by atoms with Crippen LogP contribution in [0.1, 0.15) is 10.4 Å². The first kappa shape index (κ1) is 10.0. The fourth-order valence-corrected chi connectivity index (χ4v) is 1.95. The van der Waals surface area contributed by atoms with Crippen molar-refractivity contribution < 1.29 is 9.18 Å². The lowest BCUT2D eigenvalue weighted by atomic mass is 10.1. The van der Waals surface area contributed by atoms with Gasteiger partial charge in [0.05, 0.1) is 11.1 Å². The Balaban J connectivity index is 2.96. The molecule has 0 aliphatic carbocycles. The maximum Gasteiger partial charge on any atom is 0.252 e. The van der Waals surface area contributed by atoms with Crippen LogP contribution in [0, 0.1) is 5.82 Å². The number of hydrogen-bond acceptors (Lipinski definition) is 2. The SMILES string of the molecule is NC(=O)c1c(F)cc(Br)c2ncccc12. The molecule has 76 valence electrons. The second kappa shape index (κ2) is 3.58. The molecule has 0 aliphatic rings. The Kier molecular flexibility index (Phi) is 2.40. The minimum absolute atomic E-state index is 0.124. The predicted molar refractivity (Wildman–Crippen MR) is 57.9 cm³/mol. The summed E-state index contributed by atoms with van der Waals surface area (Å²) in [6.07, 6.45) is 1.57. The molecule has 3 nitrogen and oxygen atoms in total. The lowest BCUT2D eigenvalue weighted by molar-refractivity contribution is 0.0998. The molecule has 0 bridgehead atoms. The molecule has 2 rings (SSSR count). The molecule has 1 aromatic carbocycles. The largest absolute Gasteiger partial charge is 0.365 e. The normalized spacial score (nSPS) is 10.5. The number of fused-ring (bicyclic) bond motifs is 1. The van der Waals surface area contributed by atoms with E-state index in [2.05, 4.69) is 20.9 Å². The van der Waals surface area contributed by atoms with Crippen LogP contribution in [0.2, 0.25) is 0 Å². The number of aromatic nitrogens is 1. The Morgan fingerprint density at radius 1 is 1.53 bits per heavy atom. The van der Waals surface area contributed by atoms with Gasteiger partial charge in [-0.3, -0.25) is 9.78 Å². The van der Waals surface area contributed by atoms with Gasteiger partial charge in [-0.15, -0.1) is 0 Å². The van der Waals surface area contributed by atoms with Crippen LogP contribution in [0.4, 0.5) is 4.39 Å². The summed E-state index contributed by atoms with van der Waals surface area (Å²) in [5, 5.41) is 0.414. The Morgan fingerprint density at radius 2 is 2.27 bits per heavy atom. The van der Waals surface area contributed by atoms with Crippen molar-refractivity contribution in [2.45, 2.75) is 0 Å². The predicted octanol–water partition coefficient (Wildman–Crippen LogP) is 2.24. The highest BCUT2D eigenvalue weighted by molar-refractivity contribution is 9.10. The molecular weight excluding hydrogens is 263 g/mol. The number of halogens is 2. The van der Waals surface area contributed by atoms with Crippen LogP contribution in [-0.2, 0) is 0 Å². The molecular formula is C10H6BrFN2O. The van der Waals surface area contributed by atoms with E-state index in [1.165, 1.54) is 6.07 Å². The van der Waals surface area contributed by atoms with Gasteiger partial charge in [0.1, 0.15) is 5.82 Å². The lowest BCUT2D eigenvalue weighted by Crippen LogP contribution is -2.14. The van der Waals surface area contributed by atoms with E-state index in [-0.39, 0.29) is 5.56 Å². The van der Waals surface area contributed by atoms with E-state index < -0.39 is 11.7 Å². The minimum Gasteiger partial charge on any atom is -0.365 e. The average molecular weight is 269 g/mol. The maximum absolute atomic E-state index is 13.5. The third-order valence-electron chi connectivity index (χ3n) is 2.04. The van der Waals surface area contributed by atoms with Crippen molar-refractivity contribution in [3.63, 3.8) is 0 Å². The van der Waals surface area contributed by atoms with Crippen LogP contribution >= 0.6 is 15.9 Å². The fourth-order valence-electron chi connectivity index (χ4n) is 1.43. The molecule has 0 spiro atoms. The first-order valence-electron chi connectivity index (χ1n) is 4.14. The van der Waals surface area contributed by atoms with Gasteiger partial charge in [-0.25, -0.2) is 4.39 Å². The first-order valence-corrected chi connectivity index (χ1v) is 4.93. The fraction of sp³-hybridized carbons (Fsp3) is 0.